The molecule has 2 heterocycles. The molecule has 0 bridgehead atoms. The number of carbonyl (C=O) groups excluding carboxylic acids is 1. The molecule has 1 aromatic rings. The summed E-state index contributed by atoms with van der Waals surface area (Å²) in [5.74, 6) is 0.154. The number of aliphatic hydroxyl groups excluding tert-OH is 1. The van der Waals surface area contributed by atoms with E-state index in [2.05, 4.69) is 19.1 Å². The first-order valence-electron chi connectivity index (χ1n) is 8.63. The molecule has 0 radical (unpaired) electrons. The zero-order chi connectivity index (χ0) is 16.6. The summed E-state index contributed by atoms with van der Waals surface area (Å²) < 4.78 is 5.56. The number of aryl methyl sites for hydroxylation is 3. The van der Waals surface area contributed by atoms with Gasteiger partial charge >= 0.3 is 0 Å². The van der Waals surface area contributed by atoms with Gasteiger partial charge in [-0.3, -0.25) is 4.79 Å². The minimum Gasteiger partial charge on any atom is -0.393 e. The number of ether oxygens (including phenoxy) is 1. The van der Waals surface area contributed by atoms with Crippen molar-refractivity contribution >= 4 is 5.91 Å². The normalized spacial score (nSPS) is 28.2. The molecule has 0 saturated carbocycles. The number of rotatable bonds is 2. The number of aliphatic hydroxyl groups is 1. The lowest BCUT2D eigenvalue weighted by molar-refractivity contribution is -0.0589. The van der Waals surface area contributed by atoms with Crippen molar-refractivity contribution < 1.29 is 14.6 Å². The van der Waals surface area contributed by atoms with Crippen LogP contribution < -0.4 is 0 Å². The van der Waals surface area contributed by atoms with Crippen molar-refractivity contribution in [2.24, 2.45) is 5.92 Å². The van der Waals surface area contributed by atoms with Gasteiger partial charge in [0.05, 0.1) is 12.7 Å². The van der Waals surface area contributed by atoms with Crippen molar-refractivity contribution in [2.75, 3.05) is 19.8 Å². The maximum Gasteiger partial charge on any atom is 0.254 e. The molecule has 4 heteroatoms. The van der Waals surface area contributed by atoms with Crippen LogP contribution in [0.4, 0.5) is 0 Å². The molecule has 2 aliphatic heterocycles. The number of hydrogen-bond acceptors (Lipinski definition) is 3. The van der Waals surface area contributed by atoms with Crippen molar-refractivity contribution in [3.05, 3.63) is 34.4 Å². The van der Waals surface area contributed by atoms with Crippen LogP contribution in [0.3, 0.4) is 0 Å². The summed E-state index contributed by atoms with van der Waals surface area (Å²) in [6, 6.07) is 4.24. The van der Waals surface area contributed by atoms with Crippen LogP contribution in [0.2, 0.25) is 0 Å². The molecule has 1 N–H and O–H groups in total. The first kappa shape index (κ1) is 16.5. The minimum atomic E-state index is -0.359. The molecule has 2 aliphatic rings. The van der Waals surface area contributed by atoms with E-state index in [-0.39, 0.29) is 24.0 Å². The van der Waals surface area contributed by atoms with E-state index in [0.29, 0.717) is 19.6 Å². The van der Waals surface area contributed by atoms with Crippen molar-refractivity contribution in [3.63, 3.8) is 0 Å². The van der Waals surface area contributed by atoms with E-state index in [1.807, 2.05) is 18.7 Å². The maximum absolute atomic E-state index is 13.2. The molecule has 0 aliphatic carbocycles. The van der Waals surface area contributed by atoms with Crippen LogP contribution in [-0.4, -0.2) is 47.8 Å². The number of carbonyl (C=O) groups is 1. The molecule has 2 fully saturated rings. The lowest BCUT2D eigenvalue weighted by Gasteiger charge is -2.37. The van der Waals surface area contributed by atoms with Crippen molar-refractivity contribution in [2.45, 2.75) is 52.2 Å². The molecule has 0 aromatic heterocycles. The van der Waals surface area contributed by atoms with Gasteiger partial charge in [-0.05, 0) is 51.2 Å². The summed E-state index contributed by atoms with van der Waals surface area (Å²) in [6.07, 6.45) is 2.28. The van der Waals surface area contributed by atoms with Crippen LogP contribution in [-0.2, 0) is 4.74 Å². The Morgan fingerprint density at radius 1 is 1.22 bits per heavy atom. The number of amides is 1. The SMILES string of the molecule is Cc1cc(C)c(C(=O)N2CCC[C@@H]2[C@@H]2COCC[C@H]2O)c(C)c1. The highest BCUT2D eigenvalue weighted by Gasteiger charge is 2.40. The Kier molecular flexibility index (Phi) is 4.74. The molecule has 1 amide bonds. The molecule has 126 valence electrons. The first-order chi connectivity index (χ1) is 11.0. The van der Waals surface area contributed by atoms with Gasteiger partial charge in [-0.15, -0.1) is 0 Å². The smallest absolute Gasteiger partial charge is 0.254 e. The molecule has 23 heavy (non-hydrogen) atoms. The van der Waals surface area contributed by atoms with Crippen LogP contribution in [0, 0.1) is 26.7 Å². The lowest BCUT2D eigenvalue weighted by atomic mass is 9.88. The second-order valence-corrected chi connectivity index (χ2v) is 7.08. The third-order valence-electron chi connectivity index (χ3n) is 5.31. The van der Waals surface area contributed by atoms with Gasteiger partial charge in [0.25, 0.3) is 5.91 Å². The van der Waals surface area contributed by atoms with Crippen molar-refractivity contribution in [1.29, 1.82) is 0 Å². The summed E-state index contributed by atoms with van der Waals surface area (Å²) in [6.45, 7) is 8.03. The highest BCUT2D eigenvalue weighted by molar-refractivity contribution is 5.97. The van der Waals surface area contributed by atoms with Crippen LogP contribution in [0.15, 0.2) is 12.1 Å². The Bertz CT molecular complexity index is 575. The van der Waals surface area contributed by atoms with E-state index in [1.54, 1.807) is 0 Å². The average Bonchev–Trinajstić information content (AvgIpc) is 2.95. The number of nitrogens with zero attached hydrogens (tertiary/aromatic N) is 1. The predicted molar refractivity (Wildman–Crippen MR) is 89.6 cm³/mol. The Labute approximate surface area is 138 Å². The van der Waals surface area contributed by atoms with Gasteiger partial charge in [0.1, 0.15) is 0 Å². The molecule has 0 unspecified atom stereocenters. The lowest BCUT2D eigenvalue weighted by Crippen LogP contribution is -2.48. The Hall–Kier alpha value is -1.39. The third-order valence-corrected chi connectivity index (χ3v) is 5.31. The third kappa shape index (κ3) is 3.15. The fourth-order valence-electron chi connectivity index (χ4n) is 4.27. The fraction of sp³-hybridized carbons (Fsp3) is 0.632. The molecule has 4 nitrogen and oxygen atoms in total. The van der Waals surface area contributed by atoms with Gasteiger partial charge < -0.3 is 14.7 Å². The van der Waals surface area contributed by atoms with Gasteiger partial charge in [0.15, 0.2) is 0 Å². The topological polar surface area (TPSA) is 49.8 Å². The zero-order valence-corrected chi connectivity index (χ0v) is 14.3. The first-order valence-corrected chi connectivity index (χ1v) is 8.63. The Morgan fingerprint density at radius 2 is 1.91 bits per heavy atom. The van der Waals surface area contributed by atoms with Gasteiger partial charge in [-0.1, -0.05) is 17.7 Å². The van der Waals surface area contributed by atoms with Crippen LogP contribution >= 0.6 is 0 Å². The van der Waals surface area contributed by atoms with Crippen LogP contribution in [0.1, 0.15) is 46.3 Å². The molecule has 3 atom stereocenters. The summed E-state index contributed by atoms with van der Waals surface area (Å²) in [7, 11) is 0. The quantitative estimate of drug-likeness (QED) is 0.912. The molecule has 3 rings (SSSR count). The summed E-state index contributed by atoms with van der Waals surface area (Å²) in [5, 5.41) is 10.3. The Balaban J connectivity index is 1.86. The number of benzene rings is 1. The Morgan fingerprint density at radius 3 is 2.57 bits per heavy atom. The molecule has 0 spiro atoms. The van der Waals surface area contributed by atoms with Gasteiger partial charge in [-0.2, -0.15) is 0 Å². The summed E-state index contributed by atoms with van der Waals surface area (Å²) >= 11 is 0. The number of hydrogen-bond donors (Lipinski definition) is 1. The van der Waals surface area contributed by atoms with E-state index in [1.165, 1.54) is 5.56 Å². The molecular formula is C19H27NO3. The standard InChI is InChI=1S/C19H27NO3/c1-12-9-13(2)18(14(3)10-12)19(22)20-7-4-5-16(20)15-11-23-8-6-17(15)21/h9-10,15-17,21H,4-8,11H2,1-3H3/t15-,16+,17+/m0/s1. The van der Waals surface area contributed by atoms with Crippen molar-refractivity contribution in [3.8, 4) is 0 Å². The van der Waals surface area contributed by atoms with Crippen LogP contribution in [0.5, 0.6) is 0 Å². The molecule has 1 aromatic carbocycles. The molecular weight excluding hydrogens is 290 g/mol. The maximum atomic E-state index is 13.2. The second-order valence-electron chi connectivity index (χ2n) is 7.08. The van der Waals surface area contributed by atoms with E-state index in [0.717, 1.165) is 36.1 Å². The van der Waals surface area contributed by atoms with E-state index in [9.17, 15) is 9.90 Å². The largest absolute Gasteiger partial charge is 0.393 e. The summed E-state index contributed by atoms with van der Waals surface area (Å²) in [4.78, 5) is 15.1. The van der Waals surface area contributed by atoms with Gasteiger partial charge in [0, 0.05) is 30.7 Å². The summed E-state index contributed by atoms with van der Waals surface area (Å²) in [5.41, 5.74) is 4.09. The van der Waals surface area contributed by atoms with Crippen molar-refractivity contribution in [1.82, 2.24) is 4.90 Å². The fourth-order valence-corrected chi connectivity index (χ4v) is 4.27. The van der Waals surface area contributed by atoms with Gasteiger partial charge in [-0.25, -0.2) is 0 Å². The highest BCUT2D eigenvalue weighted by atomic mass is 16.5. The number of likely N-dealkylation sites (tertiary alicyclic amines) is 1. The highest BCUT2D eigenvalue weighted by Crippen LogP contribution is 2.32. The predicted octanol–water partition coefficient (Wildman–Crippen LogP) is 2.61. The van der Waals surface area contributed by atoms with Gasteiger partial charge in [0.2, 0.25) is 0 Å². The molecule has 2 saturated heterocycles. The van der Waals surface area contributed by atoms with E-state index in [4.69, 9.17) is 4.74 Å². The minimum absolute atomic E-state index is 0.0428. The van der Waals surface area contributed by atoms with E-state index < -0.39 is 0 Å². The second kappa shape index (κ2) is 6.62. The average molecular weight is 317 g/mol. The zero-order valence-electron chi connectivity index (χ0n) is 14.3. The van der Waals surface area contributed by atoms with Crippen LogP contribution in [0.25, 0.3) is 0 Å². The monoisotopic (exact) mass is 317 g/mol. The van der Waals surface area contributed by atoms with E-state index >= 15 is 0 Å².